The molecule has 0 aromatic heterocycles. The van der Waals surface area contributed by atoms with Crippen LogP contribution in [-0.4, -0.2) is 13.1 Å². The van der Waals surface area contributed by atoms with Crippen LogP contribution >= 0.6 is 12.3 Å². The molecule has 0 atom stereocenters. The van der Waals surface area contributed by atoms with Crippen molar-refractivity contribution in [3.05, 3.63) is 35.4 Å². The van der Waals surface area contributed by atoms with E-state index in [2.05, 4.69) is 42.4 Å². The topological polar surface area (TPSA) is 47.6 Å². The summed E-state index contributed by atoms with van der Waals surface area (Å²) in [6, 6.07) is 8.20. The van der Waals surface area contributed by atoms with E-state index in [1.807, 2.05) is 12.1 Å². The van der Waals surface area contributed by atoms with Gasteiger partial charge in [-0.3, -0.25) is 4.18 Å². The van der Waals surface area contributed by atoms with E-state index in [1.54, 1.807) is 0 Å². The third kappa shape index (κ3) is 4.98. The van der Waals surface area contributed by atoms with E-state index in [1.165, 1.54) is 12.6 Å². The largest absolute Gasteiger partial charge is 0.420 e. The molecule has 100 valence electrons. The van der Waals surface area contributed by atoms with E-state index in [0.717, 1.165) is 5.56 Å². The molecule has 0 aliphatic rings. The summed E-state index contributed by atoms with van der Waals surface area (Å²) in [5.41, 5.74) is 2.47. The van der Waals surface area contributed by atoms with Crippen molar-refractivity contribution in [3.8, 4) is 0 Å². The van der Waals surface area contributed by atoms with Crippen LogP contribution in [0.2, 0.25) is 0 Å². The van der Waals surface area contributed by atoms with E-state index in [-0.39, 0.29) is 5.41 Å². The Bertz CT molecular complexity index is 384. The predicted molar refractivity (Wildman–Crippen MR) is 73.1 cm³/mol. The Morgan fingerprint density at radius 3 is 2.39 bits per heavy atom. The molecule has 0 heterocycles. The molecule has 4 nitrogen and oxygen atoms in total. The van der Waals surface area contributed by atoms with Crippen LogP contribution in [0.4, 0.5) is 4.79 Å². The second-order valence-corrected chi connectivity index (χ2v) is 5.44. The molecule has 18 heavy (non-hydrogen) atoms. The van der Waals surface area contributed by atoms with E-state index < -0.39 is 6.09 Å². The zero-order valence-corrected chi connectivity index (χ0v) is 12.0. The SMILES string of the molecule is CNC(=O)OSOCc1ccc(C(C)(C)C)cc1. The third-order valence-electron chi connectivity index (χ3n) is 2.41. The number of hydrogen-bond donors (Lipinski definition) is 1. The Labute approximate surface area is 112 Å². The summed E-state index contributed by atoms with van der Waals surface area (Å²) < 4.78 is 9.79. The zero-order valence-electron chi connectivity index (χ0n) is 11.1. The second kappa shape index (κ2) is 6.66. The number of carbonyl (C=O) groups is 1. The first-order chi connectivity index (χ1) is 8.43. The fourth-order valence-corrected chi connectivity index (χ4v) is 1.67. The van der Waals surface area contributed by atoms with Crippen LogP contribution in [0.25, 0.3) is 0 Å². The Hall–Kier alpha value is -1.20. The van der Waals surface area contributed by atoms with Gasteiger partial charge in [-0.2, -0.15) is 0 Å². The fraction of sp³-hybridized carbons (Fsp3) is 0.462. The number of nitrogens with one attached hydrogen (secondary N) is 1. The molecule has 0 radical (unpaired) electrons. The summed E-state index contributed by atoms with van der Waals surface area (Å²) >= 11 is 0.678. The standard InChI is InChI=1S/C13H19NO3S/c1-13(2,3)11-7-5-10(6-8-11)9-16-18-17-12(15)14-4/h5-8H,9H2,1-4H3,(H,14,15). The van der Waals surface area contributed by atoms with Crippen molar-refractivity contribution >= 4 is 18.4 Å². The molecule has 1 rings (SSSR count). The van der Waals surface area contributed by atoms with Gasteiger partial charge in [-0.25, -0.2) is 4.79 Å². The molecule has 1 N–H and O–H groups in total. The first-order valence-corrected chi connectivity index (χ1v) is 6.37. The average molecular weight is 269 g/mol. The maximum absolute atomic E-state index is 10.7. The summed E-state index contributed by atoms with van der Waals surface area (Å²) in [4.78, 5) is 10.7. The molecule has 1 aromatic carbocycles. The molecule has 0 fully saturated rings. The lowest BCUT2D eigenvalue weighted by Crippen LogP contribution is -2.16. The highest BCUT2D eigenvalue weighted by molar-refractivity contribution is 7.90. The minimum Gasteiger partial charge on any atom is -0.347 e. The molecule has 0 saturated heterocycles. The van der Waals surface area contributed by atoms with Crippen LogP contribution in [0, 0.1) is 0 Å². The molecular formula is C13H19NO3S. The van der Waals surface area contributed by atoms with Crippen LogP contribution in [0.3, 0.4) is 0 Å². The van der Waals surface area contributed by atoms with E-state index in [4.69, 9.17) is 4.18 Å². The van der Waals surface area contributed by atoms with Crippen molar-refractivity contribution in [2.45, 2.75) is 32.8 Å². The minimum absolute atomic E-state index is 0.149. The normalized spacial score (nSPS) is 11.1. The van der Waals surface area contributed by atoms with Gasteiger partial charge in [0.1, 0.15) is 0 Å². The van der Waals surface area contributed by atoms with Crippen molar-refractivity contribution in [3.63, 3.8) is 0 Å². The molecular weight excluding hydrogens is 250 g/mol. The molecule has 1 aromatic rings. The Morgan fingerprint density at radius 2 is 1.89 bits per heavy atom. The van der Waals surface area contributed by atoms with Gasteiger partial charge < -0.3 is 9.50 Å². The van der Waals surface area contributed by atoms with Gasteiger partial charge >= 0.3 is 6.09 Å². The molecule has 5 heteroatoms. The molecule has 0 bridgehead atoms. The molecule has 0 saturated carbocycles. The maximum atomic E-state index is 10.7. The Morgan fingerprint density at radius 1 is 1.28 bits per heavy atom. The summed E-state index contributed by atoms with van der Waals surface area (Å²) in [5, 5.41) is 2.33. The molecule has 0 aliphatic heterocycles. The molecule has 0 spiro atoms. The summed E-state index contributed by atoms with van der Waals surface area (Å²) in [6.45, 7) is 6.91. The average Bonchev–Trinajstić information content (AvgIpc) is 2.33. The summed E-state index contributed by atoms with van der Waals surface area (Å²) in [6.07, 6.45) is -0.525. The number of hydrogen-bond acceptors (Lipinski definition) is 4. The number of amides is 1. The number of rotatable bonds is 4. The van der Waals surface area contributed by atoms with E-state index in [0.29, 0.717) is 18.9 Å². The lowest BCUT2D eigenvalue weighted by molar-refractivity contribution is 0.203. The van der Waals surface area contributed by atoms with Crippen LogP contribution in [0.5, 0.6) is 0 Å². The molecule has 1 amide bonds. The second-order valence-electron chi connectivity index (χ2n) is 4.90. The van der Waals surface area contributed by atoms with Crippen molar-refractivity contribution < 1.29 is 13.2 Å². The van der Waals surface area contributed by atoms with Crippen molar-refractivity contribution in [1.29, 1.82) is 0 Å². The molecule has 0 unspecified atom stereocenters. The summed E-state index contributed by atoms with van der Waals surface area (Å²) in [5.74, 6) is 0. The minimum atomic E-state index is -0.525. The number of benzene rings is 1. The van der Waals surface area contributed by atoms with Gasteiger partial charge in [-0.1, -0.05) is 45.0 Å². The van der Waals surface area contributed by atoms with Crippen LogP contribution in [0.15, 0.2) is 24.3 Å². The van der Waals surface area contributed by atoms with E-state index in [9.17, 15) is 4.79 Å². The lowest BCUT2D eigenvalue weighted by atomic mass is 9.87. The highest BCUT2D eigenvalue weighted by atomic mass is 32.2. The van der Waals surface area contributed by atoms with Gasteiger partial charge in [0.05, 0.1) is 6.61 Å². The first-order valence-electron chi connectivity index (χ1n) is 5.71. The van der Waals surface area contributed by atoms with Crippen LogP contribution in [0.1, 0.15) is 31.9 Å². The van der Waals surface area contributed by atoms with Crippen molar-refractivity contribution in [1.82, 2.24) is 5.32 Å². The third-order valence-corrected chi connectivity index (χ3v) is 2.84. The predicted octanol–water partition coefficient (Wildman–Crippen LogP) is 3.42. The zero-order chi connectivity index (χ0) is 13.6. The maximum Gasteiger partial charge on any atom is 0.420 e. The highest BCUT2D eigenvalue weighted by Crippen LogP contribution is 2.22. The summed E-state index contributed by atoms with van der Waals surface area (Å²) in [7, 11) is 1.49. The first kappa shape index (κ1) is 14.9. The van der Waals surface area contributed by atoms with Gasteiger partial charge in [-0.05, 0) is 16.5 Å². The molecule has 0 aliphatic carbocycles. The van der Waals surface area contributed by atoms with Crippen LogP contribution < -0.4 is 5.32 Å². The van der Waals surface area contributed by atoms with Gasteiger partial charge in [0.2, 0.25) is 12.3 Å². The fourth-order valence-electron chi connectivity index (χ4n) is 1.29. The van der Waals surface area contributed by atoms with E-state index >= 15 is 0 Å². The van der Waals surface area contributed by atoms with Crippen molar-refractivity contribution in [2.24, 2.45) is 0 Å². The van der Waals surface area contributed by atoms with Gasteiger partial charge in [0.15, 0.2) is 0 Å². The van der Waals surface area contributed by atoms with Gasteiger partial charge in [-0.15, -0.1) is 0 Å². The van der Waals surface area contributed by atoms with Crippen LogP contribution in [-0.2, 0) is 20.4 Å². The lowest BCUT2D eigenvalue weighted by Gasteiger charge is -2.19. The smallest absolute Gasteiger partial charge is 0.347 e. The highest BCUT2D eigenvalue weighted by Gasteiger charge is 2.12. The number of carbonyl (C=O) groups excluding carboxylic acids is 1. The monoisotopic (exact) mass is 269 g/mol. The van der Waals surface area contributed by atoms with Gasteiger partial charge in [0, 0.05) is 7.05 Å². The van der Waals surface area contributed by atoms with Crippen molar-refractivity contribution in [2.75, 3.05) is 7.05 Å². The Kier molecular flexibility index (Phi) is 5.50. The Balaban J connectivity index is 2.38. The van der Waals surface area contributed by atoms with Gasteiger partial charge in [0.25, 0.3) is 0 Å². The quantitative estimate of drug-likeness (QED) is 0.672.